The Hall–Kier alpha value is -7.24. The van der Waals surface area contributed by atoms with Gasteiger partial charge in [-0.1, -0.05) is 127 Å². The molecule has 0 aliphatic heterocycles. The lowest BCUT2D eigenvalue weighted by Crippen LogP contribution is -2.01. The van der Waals surface area contributed by atoms with Crippen LogP contribution in [0.15, 0.2) is 188 Å². The van der Waals surface area contributed by atoms with Gasteiger partial charge in [0.05, 0.1) is 16.6 Å². The standard InChI is InChI=1S/C48H31N5/c1-3-13-32(14-4-1)38-21-12-22-42-45(38)39(29-30-49-42)35-17-11-18-36(31-35)48-51-46(33-15-5-2-6-16-33)50-47(52-48)34-25-27-37(28-26-34)53-43-23-9-7-19-40(43)41-20-8-10-24-44(41)53/h1-31H. The van der Waals surface area contributed by atoms with Crippen molar-refractivity contribution >= 4 is 32.7 Å². The van der Waals surface area contributed by atoms with E-state index in [0.29, 0.717) is 17.5 Å². The maximum absolute atomic E-state index is 5.11. The molecule has 0 amide bonds. The van der Waals surface area contributed by atoms with Crippen LogP contribution in [0.4, 0.5) is 0 Å². The van der Waals surface area contributed by atoms with Gasteiger partial charge in [-0.25, -0.2) is 15.0 Å². The van der Waals surface area contributed by atoms with E-state index in [-0.39, 0.29) is 0 Å². The Bertz CT molecular complexity index is 2870. The van der Waals surface area contributed by atoms with Crippen LogP contribution in [0, 0.1) is 0 Å². The number of fused-ring (bicyclic) bond motifs is 4. The fraction of sp³-hybridized carbons (Fsp3) is 0. The van der Waals surface area contributed by atoms with E-state index in [9.17, 15) is 0 Å². The predicted molar refractivity (Wildman–Crippen MR) is 217 cm³/mol. The highest BCUT2D eigenvalue weighted by Crippen LogP contribution is 2.37. The van der Waals surface area contributed by atoms with E-state index in [1.807, 2.05) is 42.6 Å². The van der Waals surface area contributed by atoms with Gasteiger partial charge >= 0.3 is 0 Å². The molecule has 3 aromatic heterocycles. The molecule has 53 heavy (non-hydrogen) atoms. The minimum absolute atomic E-state index is 0.615. The van der Waals surface area contributed by atoms with Crippen molar-refractivity contribution < 1.29 is 0 Å². The first kappa shape index (κ1) is 30.6. The van der Waals surface area contributed by atoms with Gasteiger partial charge < -0.3 is 4.57 Å². The zero-order valence-corrected chi connectivity index (χ0v) is 28.6. The summed E-state index contributed by atoms with van der Waals surface area (Å²) in [6.45, 7) is 0. The summed E-state index contributed by atoms with van der Waals surface area (Å²) in [5, 5.41) is 3.59. The first-order chi connectivity index (χ1) is 26.3. The maximum Gasteiger partial charge on any atom is 0.164 e. The highest BCUT2D eigenvalue weighted by atomic mass is 15.0. The van der Waals surface area contributed by atoms with Crippen LogP contribution < -0.4 is 0 Å². The third-order valence-electron chi connectivity index (χ3n) is 9.91. The maximum atomic E-state index is 5.11. The van der Waals surface area contributed by atoms with E-state index in [1.54, 1.807) is 0 Å². The van der Waals surface area contributed by atoms with E-state index in [1.165, 1.54) is 21.8 Å². The Morgan fingerprint density at radius 1 is 0.358 bits per heavy atom. The second-order valence-corrected chi connectivity index (χ2v) is 13.1. The Kier molecular flexibility index (Phi) is 7.40. The number of para-hydroxylation sites is 2. The van der Waals surface area contributed by atoms with Gasteiger partial charge in [-0.3, -0.25) is 4.98 Å². The van der Waals surface area contributed by atoms with Crippen LogP contribution in [0.3, 0.4) is 0 Å². The number of aromatic nitrogens is 5. The third-order valence-corrected chi connectivity index (χ3v) is 9.91. The van der Waals surface area contributed by atoms with Crippen molar-refractivity contribution in [3.63, 3.8) is 0 Å². The van der Waals surface area contributed by atoms with Crippen LogP contribution in [-0.2, 0) is 0 Å². The molecule has 10 aromatic rings. The van der Waals surface area contributed by atoms with E-state index in [4.69, 9.17) is 19.9 Å². The van der Waals surface area contributed by atoms with Crippen LogP contribution in [0.2, 0.25) is 0 Å². The first-order valence-corrected chi connectivity index (χ1v) is 17.7. The van der Waals surface area contributed by atoms with Crippen LogP contribution in [0.5, 0.6) is 0 Å². The molecule has 0 aliphatic carbocycles. The van der Waals surface area contributed by atoms with Gasteiger partial charge in [-0.15, -0.1) is 0 Å². The first-order valence-electron chi connectivity index (χ1n) is 17.7. The fourth-order valence-electron chi connectivity index (χ4n) is 7.44. The number of nitrogens with zero attached hydrogens (tertiary/aromatic N) is 5. The third kappa shape index (κ3) is 5.43. The predicted octanol–water partition coefficient (Wildman–Crippen LogP) is 11.9. The highest BCUT2D eigenvalue weighted by Gasteiger charge is 2.16. The van der Waals surface area contributed by atoms with Crippen LogP contribution >= 0.6 is 0 Å². The molecular formula is C48H31N5. The van der Waals surface area contributed by atoms with Gasteiger partial charge in [0.2, 0.25) is 0 Å². The molecule has 3 heterocycles. The van der Waals surface area contributed by atoms with Crippen molar-refractivity contribution in [2.45, 2.75) is 0 Å². The number of hydrogen-bond acceptors (Lipinski definition) is 4. The average molecular weight is 678 g/mol. The van der Waals surface area contributed by atoms with Crippen molar-refractivity contribution in [2.24, 2.45) is 0 Å². The Labute approximate surface area is 306 Å². The second kappa shape index (κ2) is 12.8. The summed E-state index contributed by atoms with van der Waals surface area (Å²) >= 11 is 0. The molecule has 248 valence electrons. The van der Waals surface area contributed by atoms with Crippen molar-refractivity contribution in [3.05, 3.63) is 188 Å². The van der Waals surface area contributed by atoms with Gasteiger partial charge in [0, 0.05) is 44.7 Å². The second-order valence-electron chi connectivity index (χ2n) is 13.1. The molecule has 5 nitrogen and oxygen atoms in total. The van der Waals surface area contributed by atoms with Gasteiger partial charge in [0.25, 0.3) is 0 Å². The fourth-order valence-corrected chi connectivity index (χ4v) is 7.44. The molecule has 0 aliphatic rings. The summed E-state index contributed by atoms with van der Waals surface area (Å²) in [5.41, 5.74) is 11.6. The van der Waals surface area contributed by atoms with Gasteiger partial charge in [-0.2, -0.15) is 0 Å². The molecule has 0 fully saturated rings. The normalized spacial score (nSPS) is 11.4. The summed E-state index contributed by atoms with van der Waals surface area (Å²) in [6, 6.07) is 63.1. The number of rotatable bonds is 6. The largest absolute Gasteiger partial charge is 0.309 e. The summed E-state index contributed by atoms with van der Waals surface area (Å²) in [6.07, 6.45) is 1.89. The molecule has 0 saturated heterocycles. The molecule has 0 spiro atoms. The van der Waals surface area contributed by atoms with Gasteiger partial charge in [0.1, 0.15) is 0 Å². The molecule has 0 radical (unpaired) electrons. The van der Waals surface area contributed by atoms with Crippen LogP contribution in [0.1, 0.15) is 0 Å². The topological polar surface area (TPSA) is 56.5 Å². The SMILES string of the molecule is c1ccc(-c2nc(-c3ccc(-n4c5ccccc5c5ccccc54)cc3)nc(-c3cccc(-c4ccnc5cccc(-c6ccccc6)c45)c3)n2)cc1. The summed E-state index contributed by atoms with van der Waals surface area (Å²) in [7, 11) is 0. The average Bonchev–Trinajstić information content (AvgIpc) is 3.58. The van der Waals surface area contributed by atoms with E-state index < -0.39 is 0 Å². The quantitative estimate of drug-likeness (QED) is 0.176. The Morgan fingerprint density at radius 3 is 1.55 bits per heavy atom. The monoisotopic (exact) mass is 677 g/mol. The number of hydrogen-bond donors (Lipinski definition) is 0. The molecule has 0 saturated carbocycles. The lowest BCUT2D eigenvalue weighted by Gasteiger charge is -2.13. The summed E-state index contributed by atoms with van der Waals surface area (Å²) in [4.78, 5) is 19.9. The summed E-state index contributed by atoms with van der Waals surface area (Å²) in [5.74, 6) is 1.86. The van der Waals surface area contributed by atoms with Crippen molar-refractivity contribution in [1.29, 1.82) is 0 Å². The molecule has 5 heteroatoms. The molecule has 0 N–H and O–H groups in total. The molecule has 0 bridgehead atoms. The Morgan fingerprint density at radius 2 is 0.868 bits per heavy atom. The molecule has 0 atom stereocenters. The molecule has 7 aromatic carbocycles. The molecule has 0 unspecified atom stereocenters. The minimum Gasteiger partial charge on any atom is -0.309 e. The van der Waals surface area contributed by atoms with Crippen molar-refractivity contribution in [3.8, 4) is 62.1 Å². The highest BCUT2D eigenvalue weighted by molar-refractivity contribution is 6.09. The zero-order chi connectivity index (χ0) is 35.1. The molecule has 10 rings (SSSR count). The van der Waals surface area contributed by atoms with Crippen LogP contribution in [-0.4, -0.2) is 24.5 Å². The lowest BCUT2D eigenvalue weighted by molar-refractivity contribution is 1.07. The zero-order valence-electron chi connectivity index (χ0n) is 28.6. The number of pyridine rings is 1. The van der Waals surface area contributed by atoms with E-state index >= 15 is 0 Å². The van der Waals surface area contributed by atoms with Gasteiger partial charge in [-0.05, 0) is 76.9 Å². The smallest absolute Gasteiger partial charge is 0.164 e. The molecular weight excluding hydrogens is 647 g/mol. The van der Waals surface area contributed by atoms with Crippen molar-refractivity contribution in [1.82, 2.24) is 24.5 Å². The van der Waals surface area contributed by atoms with Crippen LogP contribution in [0.25, 0.3) is 94.8 Å². The van der Waals surface area contributed by atoms with Crippen molar-refractivity contribution in [2.75, 3.05) is 0 Å². The van der Waals surface area contributed by atoms with E-state index in [2.05, 4.69) is 150 Å². The minimum atomic E-state index is 0.615. The van der Waals surface area contributed by atoms with E-state index in [0.717, 1.165) is 55.5 Å². The van der Waals surface area contributed by atoms with Gasteiger partial charge in [0.15, 0.2) is 17.5 Å². The number of benzene rings is 7. The summed E-state index contributed by atoms with van der Waals surface area (Å²) < 4.78 is 2.32. The lowest BCUT2D eigenvalue weighted by atomic mass is 9.93. The Balaban J connectivity index is 1.10.